The third-order valence-electron chi connectivity index (χ3n) is 3.84. The van der Waals surface area contributed by atoms with Gasteiger partial charge in [-0.05, 0) is 42.3 Å². The minimum absolute atomic E-state index is 0.502. The SMILES string of the molecule is CCNC(c1cccc(CC)c1)C1(C)CC1. The van der Waals surface area contributed by atoms with Gasteiger partial charge in [0, 0.05) is 6.04 Å². The molecule has 1 atom stereocenters. The van der Waals surface area contributed by atoms with Crippen molar-refractivity contribution in [2.45, 2.75) is 46.1 Å². The second kappa shape index (κ2) is 4.58. The van der Waals surface area contributed by atoms with Crippen LogP contribution >= 0.6 is 0 Å². The fourth-order valence-electron chi connectivity index (χ4n) is 2.45. The van der Waals surface area contributed by atoms with Crippen LogP contribution in [0.2, 0.25) is 0 Å². The molecule has 1 aromatic rings. The van der Waals surface area contributed by atoms with Crippen molar-refractivity contribution in [2.24, 2.45) is 5.41 Å². The van der Waals surface area contributed by atoms with E-state index in [1.807, 2.05) is 0 Å². The predicted octanol–water partition coefficient (Wildman–Crippen LogP) is 3.70. The predicted molar refractivity (Wildman–Crippen MR) is 69.6 cm³/mol. The average molecular weight is 217 g/mol. The molecule has 0 radical (unpaired) electrons. The van der Waals surface area contributed by atoms with E-state index in [1.54, 1.807) is 0 Å². The van der Waals surface area contributed by atoms with Gasteiger partial charge in [0.2, 0.25) is 0 Å². The summed E-state index contributed by atoms with van der Waals surface area (Å²) in [5, 5.41) is 3.65. The Hall–Kier alpha value is -0.820. The van der Waals surface area contributed by atoms with Gasteiger partial charge in [0.1, 0.15) is 0 Å². The normalized spacial score (nSPS) is 19.4. The molecule has 0 bridgehead atoms. The molecule has 0 heterocycles. The number of rotatable bonds is 5. The summed E-state index contributed by atoms with van der Waals surface area (Å²) in [5.41, 5.74) is 3.42. The van der Waals surface area contributed by atoms with E-state index >= 15 is 0 Å². The van der Waals surface area contributed by atoms with E-state index in [9.17, 15) is 0 Å². The molecule has 0 amide bonds. The van der Waals surface area contributed by atoms with E-state index in [2.05, 4.69) is 50.4 Å². The van der Waals surface area contributed by atoms with Crippen molar-refractivity contribution in [3.05, 3.63) is 35.4 Å². The molecule has 1 saturated carbocycles. The quantitative estimate of drug-likeness (QED) is 0.793. The summed E-state index contributed by atoms with van der Waals surface area (Å²) < 4.78 is 0. The van der Waals surface area contributed by atoms with Crippen LogP contribution in [0, 0.1) is 5.41 Å². The summed E-state index contributed by atoms with van der Waals surface area (Å²) in [7, 11) is 0. The summed E-state index contributed by atoms with van der Waals surface area (Å²) in [6, 6.07) is 9.61. The highest BCUT2D eigenvalue weighted by molar-refractivity contribution is 5.29. The molecule has 0 saturated heterocycles. The molecule has 1 aromatic carbocycles. The summed E-state index contributed by atoms with van der Waals surface area (Å²) in [6.45, 7) is 7.87. The maximum Gasteiger partial charge on any atom is 0.0374 e. The molecule has 1 nitrogen and oxygen atoms in total. The smallest absolute Gasteiger partial charge is 0.0374 e. The van der Waals surface area contributed by atoms with E-state index in [0.717, 1.165) is 13.0 Å². The molecule has 1 heteroatoms. The first-order valence-corrected chi connectivity index (χ1v) is 6.52. The lowest BCUT2D eigenvalue weighted by Gasteiger charge is -2.25. The summed E-state index contributed by atoms with van der Waals surface area (Å²) in [5.74, 6) is 0. The number of nitrogens with one attached hydrogen (secondary N) is 1. The number of aryl methyl sites for hydroxylation is 1. The van der Waals surface area contributed by atoms with Crippen molar-refractivity contribution in [3.63, 3.8) is 0 Å². The van der Waals surface area contributed by atoms with E-state index in [0.29, 0.717) is 11.5 Å². The second-order valence-electron chi connectivity index (χ2n) is 5.24. The Balaban J connectivity index is 2.24. The third kappa shape index (κ3) is 2.30. The molecule has 1 N–H and O–H groups in total. The average Bonchev–Trinajstić information content (AvgIpc) is 3.05. The van der Waals surface area contributed by atoms with Crippen LogP contribution in [0.3, 0.4) is 0 Å². The first-order chi connectivity index (χ1) is 7.69. The molecule has 0 spiro atoms. The fourth-order valence-corrected chi connectivity index (χ4v) is 2.45. The Labute approximate surface area is 99.3 Å². The van der Waals surface area contributed by atoms with Gasteiger partial charge < -0.3 is 5.32 Å². The van der Waals surface area contributed by atoms with Crippen LogP contribution in [0.1, 0.15) is 50.8 Å². The monoisotopic (exact) mass is 217 g/mol. The van der Waals surface area contributed by atoms with Crippen LogP contribution < -0.4 is 5.32 Å². The van der Waals surface area contributed by atoms with Crippen LogP contribution in [0.4, 0.5) is 0 Å². The summed E-state index contributed by atoms with van der Waals surface area (Å²) >= 11 is 0. The van der Waals surface area contributed by atoms with Gasteiger partial charge in [-0.25, -0.2) is 0 Å². The maximum atomic E-state index is 3.65. The van der Waals surface area contributed by atoms with Gasteiger partial charge in [-0.2, -0.15) is 0 Å². The molecule has 1 fully saturated rings. The molecule has 0 aromatic heterocycles. The number of benzene rings is 1. The standard InChI is InChI=1S/C15H23N/c1-4-12-7-6-8-13(11-12)14(16-5-2)15(3)9-10-15/h6-8,11,14,16H,4-5,9-10H2,1-3H3. The van der Waals surface area contributed by atoms with Crippen LogP contribution in [0.5, 0.6) is 0 Å². The Morgan fingerprint density at radius 3 is 2.62 bits per heavy atom. The van der Waals surface area contributed by atoms with E-state index in [1.165, 1.54) is 24.0 Å². The first kappa shape index (κ1) is 11.7. The molecule has 1 aliphatic carbocycles. The number of hydrogen-bond donors (Lipinski definition) is 1. The van der Waals surface area contributed by atoms with E-state index in [4.69, 9.17) is 0 Å². The third-order valence-corrected chi connectivity index (χ3v) is 3.84. The second-order valence-corrected chi connectivity index (χ2v) is 5.24. The lowest BCUT2D eigenvalue weighted by atomic mass is 9.90. The fraction of sp³-hybridized carbons (Fsp3) is 0.600. The van der Waals surface area contributed by atoms with Gasteiger partial charge in [-0.1, -0.05) is 45.0 Å². The molecule has 1 aliphatic rings. The molecular formula is C15H23N. The zero-order valence-corrected chi connectivity index (χ0v) is 10.7. The Morgan fingerprint density at radius 2 is 2.06 bits per heavy atom. The highest BCUT2D eigenvalue weighted by Gasteiger charge is 2.44. The van der Waals surface area contributed by atoms with Gasteiger partial charge in [0.25, 0.3) is 0 Å². The van der Waals surface area contributed by atoms with E-state index < -0.39 is 0 Å². The highest BCUT2D eigenvalue weighted by Crippen LogP contribution is 2.54. The molecule has 88 valence electrons. The maximum absolute atomic E-state index is 3.65. The van der Waals surface area contributed by atoms with Crippen molar-refractivity contribution >= 4 is 0 Å². The van der Waals surface area contributed by atoms with Crippen LogP contribution in [0.25, 0.3) is 0 Å². The minimum atomic E-state index is 0.502. The minimum Gasteiger partial charge on any atom is -0.310 e. The molecule has 2 rings (SSSR count). The van der Waals surface area contributed by atoms with Crippen molar-refractivity contribution in [3.8, 4) is 0 Å². The first-order valence-electron chi connectivity index (χ1n) is 6.52. The van der Waals surface area contributed by atoms with Crippen LogP contribution in [-0.4, -0.2) is 6.54 Å². The zero-order valence-electron chi connectivity index (χ0n) is 10.7. The molecule has 16 heavy (non-hydrogen) atoms. The zero-order chi connectivity index (χ0) is 11.6. The molecule has 1 unspecified atom stereocenters. The van der Waals surface area contributed by atoms with Crippen molar-refractivity contribution in [2.75, 3.05) is 6.54 Å². The van der Waals surface area contributed by atoms with Gasteiger partial charge in [-0.15, -0.1) is 0 Å². The molecular weight excluding hydrogens is 194 g/mol. The Bertz CT molecular complexity index is 352. The van der Waals surface area contributed by atoms with Crippen LogP contribution in [0.15, 0.2) is 24.3 Å². The highest BCUT2D eigenvalue weighted by atomic mass is 14.9. The number of hydrogen-bond acceptors (Lipinski definition) is 1. The summed E-state index contributed by atoms with van der Waals surface area (Å²) in [6.07, 6.45) is 3.85. The Morgan fingerprint density at radius 1 is 1.31 bits per heavy atom. The van der Waals surface area contributed by atoms with Gasteiger partial charge in [0.15, 0.2) is 0 Å². The van der Waals surface area contributed by atoms with Crippen molar-refractivity contribution in [1.29, 1.82) is 0 Å². The topological polar surface area (TPSA) is 12.0 Å². The lowest BCUT2D eigenvalue weighted by molar-refractivity contribution is 0.373. The lowest BCUT2D eigenvalue weighted by Crippen LogP contribution is -2.27. The van der Waals surface area contributed by atoms with Gasteiger partial charge >= 0.3 is 0 Å². The van der Waals surface area contributed by atoms with Gasteiger partial charge in [0.05, 0.1) is 0 Å². The van der Waals surface area contributed by atoms with Crippen LogP contribution in [-0.2, 0) is 6.42 Å². The largest absolute Gasteiger partial charge is 0.310 e. The molecule has 0 aliphatic heterocycles. The van der Waals surface area contributed by atoms with Crippen molar-refractivity contribution in [1.82, 2.24) is 5.32 Å². The van der Waals surface area contributed by atoms with Crippen molar-refractivity contribution < 1.29 is 0 Å². The Kier molecular flexibility index (Phi) is 3.34. The summed E-state index contributed by atoms with van der Waals surface area (Å²) in [4.78, 5) is 0. The van der Waals surface area contributed by atoms with Gasteiger partial charge in [-0.3, -0.25) is 0 Å². The van der Waals surface area contributed by atoms with E-state index in [-0.39, 0.29) is 0 Å².